The van der Waals surface area contributed by atoms with Crippen LogP contribution in [-0.2, 0) is 28.6 Å². The lowest BCUT2D eigenvalue weighted by Crippen LogP contribution is -2.87. The summed E-state index contributed by atoms with van der Waals surface area (Å²) in [7, 11) is 0. The Bertz CT molecular complexity index is 933. The quantitative estimate of drug-likeness (QED) is 0.381. The molecule has 1 saturated heterocycles. The van der Waals surface area contributed by atoms with Crippen LogP contribution in [0.3, 0.4) is 0 Å². The average Bonchev–Trinajstić information content (AvgIpc) is 2.75. The number of halogens is 1. The van der Waals surface area contributed by atoms with Crippen molar-refractivity contribution in [2.75, 3.05) is 0 Å². The predicted octanol–water partition coefficient (Wildman–Crippen LogP) is 3.93. The van der Waals surface area contributed by atoms with E-state index >= 15 is 0 Å². The van der Waals surface area contributed by atoms with Gasteiger partial charge in [0.1, 0.15) is 11.7 Å². The first-order valence-corrected chi connectivity index (χ1v) is 13.0. The summed E-state index contributed by atoms with van der Waals surface area (Å²) in [6, 6.07) is 0. The van der Waals surface area contributed by atoms with E-state index in [1.165, 1.54) is 19.9 Å². The minimum absolute atomic E-state index is 0. The van der Waals surface area contributed by atoms with Crippen molar-refractivity contribution in [1.82, 2.24) is 0 Å². The predicted molar refractivity (Wildman–Crippen MR) is 140 cm³/mol. The van der Waals surface area contributed by atoms with Gasteiger partial charge in [0.05, 0.1) is 11.7 Å². The summed E-state index contributed by atoms with van der Waals surface area (Å²) in [6.07, 6.45) is -0.437. The Morgan fingerprint density at radius 1 is 1.19 bits per heavy atom. The fourth-order valence-electron chi connectivity index (χ4n) is 7.36. The minimum atomic E-state index is -2.23. The van der Waals surface area contributed by atoms with Crippen LogP contribution >= 0.6 is 12.4 Å². The smallest absolute Gasteiger partial charge is 0.306 e. The molecule has 2 N–H and O–H groups in total. The van der Waals surface area contributed by atoms with Crippen molar-refractivity contribution in [3.8, 4) is 0 Å². The van der Waals surface area contributed by atoms with E-state index in [0.29, 0.717) is 19.3 Å². The molecule has 9 heteroatoms. The number of rotatable bonds is 6. The Morgan fingerprint density at radius 2 is 1.78 bits per heavy atom. The molecule has 0 aromatic carbocycles. The first kappa shape index (κ1) is 31.7. The zero-order chi connectivity index (χ0) is 27.5. The Hall–Kier alpha value is -1.48. The second kappa shape index (κ2) is 10.2. The van der Waals surface area contributed by atoms with Crippen LogP contribution in [0.15, 0.2) is 12.7 Å². The highest BCUT2D eigenvalue weighted by Gasteiger charge is 2.82. The van der Waals surface area contributed by atoms with Crippen molar-refractivity contribution < 1.29 is 38.8 Å². The number of aliphatic hydroxyl groups is 2. The lowest BCUT2D eigenvalue weighted by molar-refractivity contribution is -0.371. The number of hydrogen-bond donors (Lipinski definition) is 2. The molecule has 0 bridgehead atoms. The standard InChI is InChI=1S/C28H44O8.ClH/c1-10-25(7)15-19(31)28(33)26(8)18(30)13-14-24(5,6)22(26)21(35-20(32)12-11-16(2)3)23(34-17(4)29)27(28,9)36-25;/h10,16,18,21-23,30,33H,1,11-15H2,2-9H3;1H/t18-,21-,22-,23-,25-,26-,27+,28-;/m0./s1. The largest absolute Gasteiger partial charge is 0.458 e. The SMILES string of the molecule is C=C[C@@]1(C)CC(=O)[C@]2(O)[C@@]3(C)[C@@H](O)CCC(C)(C)[C@@H]3[C@H](OC(=O)CCC(C)C)[C@H](OC(C)=O)[C@@]2(C)O1.Cl. The van der Waals surface area contributed by atoms with Crippen LogP contribution in [0.5, 0.6) is 0 Å². The summed E-state index contributed by atoms with van der Waals surface area (Å²) in [5.74, 6) is -2.08. The van der Waals surface area contributed by atoms with Crippen LogP contribution in [-0.4, -0.2) is 63.0 Å². The maximum atomic E-state index is 13.9. The van der Waals surface area contributed by atoms with Gasteiger partial charge in [0.2, 0.25) is 0 Å². The lowest BCUT2D eigenvalue weighted by atomic mass is 9.39. The van der Waals surface area contributed by atoms with E-state index < -0.39 is 69.6 Å². The van der Waals surface area contributed by atoms with Crippen molar-refractivity contribution in [2.45, 2.75) is 123 Å². The number of aliphatic hydroxyl groups excluding tert-OH is 1. The molecule has 0 aromatic rings. The van der Waals surface area contributed by atoms with Gasteiger partial charge >= 0.3 is 11.9 Å². The maximum absolute atomic E-state index is 13.9. The summed E-state index contributed by atoms with van der Waals surface area (Å²) in [5, 5.41) is 24.0. The molecule has 1 heterocycles. The van der Waals surface area contributed by atoms with Crippen LogP contribution in [0.25, 0.3) is 0 Å². The Kier molecular flexibility index (Phi) is 8.79. The number of ketones is 1. The zero-order valence-corrected chi connectivity index (χ0v) is 24.3. The van der Waals surface area contributed by atoms with Gasteiger partial charge in [0.25, 0.3) is 0 Å². The highest BCUT2D eigenvalue weighted by atomic mass is 35.5. The van der Waals surface area contributed by atoms with Gasteiger partial charge in [-0.1, -0.05) is 40.7 Å². The van der Waals surface area contributed by atoms with E-state index in [-0.39, 0.29) is 31.2 Å². The van der Waals surface area contributed by atoms with Crippen LogP contribution in [0, 0.1) is 22.7 Å². The van der Waals surface area contributed by atoms with Crippen LogP contribution in [0.4, 0.5) is 0 Å². The number of carbonyl (C=O) groups is 3. The average molecular weight is 545 g/mol. The zero-order valence-electron chi connectivity index (χ0n) is 23.5. The van der Waals surface area contributed by atoms with Crippen molar-refractivity contribution >= 4 is 30.1 Å². The van der Waals surface area contributed by atoms with Gasteiger partial charge in [-0.3, -0.25) is 14.4 Å². The van der Waals surface area contributed by atoms with Crippen molar-refractivity contribution in [3.05, 3.63) is 12.7 Å². The third-order valence-corrected chi connectivity index (χ3v) is 9.19. The van der Waals surface area contributed by atoms with E-state index in [0.717, 1.165) is 0 Å². The van der Waals surface area contributed by atoms with Crippen LogP contribution < -0.4 is 0 Å². The molecule has 2 saturated carbocycles. The van der Waals surface area contributed by atoms with Gasteiger partial charge in [-0.05, 0) is 44.4 Å². The van der Waals surface area contributed by atoms with E-state index in [4.69, 9.17) is 14.2 Å². The highest BCUT2D eigenvalue weighted by molar-refractivity contribution is 5.92. The number of Topliss-reactive ketones (excluding diaryl/α,β-unsaturated/α-hetero) is 1. The minimum Gasteiger partial charge on any atom is -0.458 e. The molecule has 8 nitrogen and oxygen atoms in total. The van der Waals surface area contributed by atoms with Gasteiger partial charge in [-0.2, -0.15) is 0 Å². The molecule has 0 radical (unpaired) electrons. The van der Waals surface area contributed by atoms with Crippen LogP contribution in [0.2, 0.25) is 0 Å². The summed E-state index contributed by atoms with van der Waals surface area (Å²) < 4.78 is 18.4. The summed E-state index contributed by atoms with van der Waals surface area (Å²) in [5.41, 5.74) is -7.26. The Labute approximate surface area is 226 Å². The molecule has 0 spiro atoms. The van der Waals surface area contributed by atoms with Gasteiger partial charge in [0, 0.05) is 31.1 Å². The van der Waals surface area contributed by atoms with Gasteiger partial charge in [0.15, 0.2) is 17.5 Å². The molecule has 0 unspecified atom stereocenters. The Balaban J connectivity index is 0.00000481. The normalized spacial score (nSPS) is 42.6. The molecule has 8 atom stereocenters. The van der Waals surface area contributed by atoms with Crippen molar-refractivity contribution in [3.63, 3.8) is 0 Å². The molecular weight excluding hydrogens is 500 g/mol. The molecule has 37 heavy (non-hydrogen) atoms. The van der Waals surface area contributed by atoms with Gasteiger partial charge in [-0.15, -0.1) is 19.0 Å². The number of esters is 2. The number of ether oxygens (including phenoxy) is 3. The number of hydrogen-bond acceptors (Lipinski definition) is 8. The molecule has 3 rings (SSSR count). The number of carbonyl (C=O) groups excluding carboxylic acids is 3. The Morgan fingerprint density at radius 3 is 2.30 bits per heavy atom. The lowest BCUT2D eigenvalue weighted by Gasteiger charge is -2.71. The van der Waals surface area contributed by atoms with Crippen molar-refractivity contribution in [1.29, 1.82) is 0 Å². The third-order valence-electron chi connectivity index (χ3n) is 9.19. The summed E-state index contributed by atoms with van der Waals surface area (Å²) >= 11 is 0. The first-order chi connectivity index (χ1) is 16.4. The second-order valence-electron chi connectivity index (χ2n) is 12.8. The van der Waals surface area contributed by atoms with Crippen LogP contribution in [0.1, 0.15) is 87.5 Å². The molecule has 0 amide bonds. The topological polar surface area (TPSA) is 119 Å². The summed E-state index contributed by atoms with van der Waals surface area (Å²) in [6.45, 7) is 17.9. The molecule has 212 valence electrons. The molecule has 1 aliphatic heterocycles. The second-order valence-corrected chi connectivity index (χ2v) is 12.8. The van der Waals surface area contributed by atoms with Gasteiger partial charge in [-0.25, -0.2) is 0 Å². The fourth-order valence-corrected chi connectivity index (χ4v) is 7.36. The first-order valence-electron chi connectivity index (χ1n) is 13.0. The van der Waals surface area contributed by atoms with E-state index in [9.17, 15) is 24.6 Å². The molecular formula is C28H45ClO8. The molecule has 3 fully saturated rings. The van der Waals surface area contributed by atoms with E-state index in [1.807, 2.05) is 27.7 Å². The molecule has 0 aromatic heterocycles. The fraction of sp³-hybridized carbons (Fsp3) is 0.821. The maximum Gasteiger partial charge on any atom is 0.306 e. The van der Waals surface area contributed by atoms with E-state index in [2.05, 4.69) is 6.58 Å². The summed E-state index contributed by atoms with van der Waals surface area (Å²) in [4.78, 5) is 39.4. The third kappa shape index (κ3) is 4.77. The monoisotopic (exact) mass is 544 g/mol. The highest BCUT2D eigenvalue weighted by Crippen LogP contribution is 2.67. The molecule has 2 aliphatic carbocycles. The number of fused-ring (bicyclic) bond motifs is 3. The molecule has 3 aliphatic rings. The van der Waals surface area contributed by atoms with Gasteiger partial charge < -0.3 is 24.4 Å². The van der Waals surface area contributed by atoms with E-state index in [1.54, 1.807) is 13.8 Å². The van der Waals surface area contributed by atoms with Crippen molar-refractivity contribution in [2.24, 2.45) is 22.7 Å².